The summed E-state index contributed by atoms with van der Waals surface area (Å²) in [5.74, 6) is -1.74. The number of halogens is 2. The van der Waals surface area contributed by atoms with E-state index in [1.54, 1.807) is 0 Å². The molecule has 94 valence electrons. The van der Waals surface area contributed by atoms with E-state index < -0.39 is 11.8 Å². The topological polar surface area (TPSA) is 50.2 Å². The first-order chi connectivity index (χ1) is 8.49. The Morgan fingerprint density at radius 1 is 1.56 bits per heavy atom. The van der Waals surface area contributed by atoms with Crippen molar-refractivity contribution >= 4 is 45.0 Å². The number of nitrogens with zero attached hydrogens (tertiary/aromatic N) is 1. The van der Waals surface area contributed by atoms with Crippen LogP contribution in [-0.2, 0) is 0 Å². The molecule has 0 aliphatic heterocycles. The molecule has 2 rings (SSSR count). The number of hydrogen-bond donors (Lipinski definition) is 1. The smallest absolute Gasteiger partial charge is 0.336 e. The van der Waals surface area contributed by atoms with Crippen LogP contribution in [0.3, 0.4) is 0 Å². The summed E-state index contributed by atoms with van der Waals surface area (Å²) in [6, 6.07) is 2.82. The highest BCUT2D eigenvalue weighted by Gasteiger charge is 2.17. The maximum atomic E-state index is 14.0. The number of carbonyl (C=O) groups is 1. The molecule has 0 bridgehead atoms. The van der Waals surface area contributed by atoms with Crippen LogP contribution in [0, 0.1) is 12.7 Å². The van der Waals surface area contributed by atoms with Gasteiger partial charge in [0.15, 0.2) is 10.2 Å². The minimum atomic E-state index is -1.16. The van der Waals surface area contributed by atoms with Gasteiger partial charge >= 0.3 is 5.97 Å². The largest absolute Gasteiger partial charge is 0.478 e. The lowest BCUT2D eigenvalue weighted by Gasteiger charge is -2.05. The molecule has 0 aliphatic carbocycles. The molecule has 0 fully saturated rings. The van der Waals surface area contributed by atoms with Gasteiger partial charge in [-0.3, -0.25) is 0 Å². The second kappa shape index (κ2) is 5.38. The molecule has 1 N–H and O–H groups in total. The zero-order chi connectivity index (χ0) is 13.3. The van der Waals surface area contributed by atoms with Gasteiger partial charge in [-0.1, -0.05) is 11.8 Å². The number of thiazole rings is 1. The maximum absolute atomic E-state index is 14.0. The Kier molecular flexibility index (Phi) is 4.04. The Morgan fingerprint density at radius 3 is 2.83 bits per heavy atom. The van der Waals surface area contributed by atoms with Gasteiger partial charge < -0.3 is 5.11 Å². The van der Waals surface area contributed by atoms with E-state index in [0.29, 0.717) is 4.90 Å². The van der Waals surface area contributed by atoms with Crippen LogP contribution >= 0.6 is 39.0 Å². The van der Waals surface area contributed by atoms with Crippen LogP contribution in [0.4, 0.5) is 4.39 Å². The predicted molar refractivity (Wildman–Crippen MR) is 72.0 cm³/mol. The van der Waals surface area contributed by atoms with E-state index >= 15 is 0 Å². The van der Waals surface area contributed by atoms with Gasteiger partial charge in [-0.25, -0.2) is 14.2 Å². The maximum Gasteiger partial charge on any atom is 0.336 e. The molecule has 0 unspecified atom stereocenters. The number of carboxylic acids is 1. The lowest BCUT2D eigenvalue weighted by atomic mass is 10.2. The molecule has 18 heavy (non-hydrogen) atoms. The van der Waals surface area contributed by atoms with Crippen molar-refractivity contribution in [2.75, 3.05) is 0 Å². The van der Waals surface area contributed by atoms with Crippen LogP contribution in [0.2, 0.25) is 0 Å². The summed E-state index contributed by atoms with van der Waals surface area (Å²) < 4.78 is 14.7. The van der Waals surface area contributed by atoms with Crippen molar-refractivity contribution in [2.24, 2.45) is 0 Å². The van der Waals surface area contributed by atoms with Crippen LogP contribution in [0.5, 0.6) is 0 Å². The van der Waals surface area contributed by atoms with E-state index in [2.05, 4.69) is 20.9 Å². The molecule has 3 nitrogen and oxygen atoms in total. The van der Waals surface area contributed by atoms with Gasteiger partial charge in [0.05, 0.1) is 14.9 Å². The third-order valence-electron chi connectivity index (χ3n) is 2.07. The molecule has 0 atom stereocenters. The van der Waals surface area contributed by atoms with E-state index in [4.69, 9.17) is 5.11 Å². The Labute approximate surface area is 119 Å². The molecule has 0 saturated carbocycles. The Bertz CT molecular complexity index is 615. The number of aromatic nitrogens is 1. The first-order valence-corrected chi connectivity index (χ1v) is 7.29. The van der Waals surface area contributed by atoms with Gasteiger partial charge in [-0.05, 0) is 35.0 Å². The highest BCUT2D eigenvalue weighted by molar-refractivity contribution is 9.10. The fraction of sp³-hybridized carbons (Fsp3) is 0.0909. The second-order valence-corrected chi connectivity index (χ2v) is 6.34. The molecule has 2 aromatic rings. The van der Waals surface area contributed by atoms with Crippen molar-refractivity contribution in [2.45, 2.75) is 16.2 Å². The van der Waals surface area contributed by atoms with E-state index in [1.165, 1.54) is 35.2 Å². The summed E-state index contributed by atoms with van der Waals surface area (Å²) in [5, 5.41) is 10.7. The number of aryl methyl sites for hydroxylation is 1. The van der Waals surface area contributed by atoms with Crippen LogP contribution in [-0.4, -0.2) is 16.1 Å². The van der Waals surface area contributed by atoms with Crippen LogP contribution < -0.4 is 0 Å². The van der Waals surface area contributed by atoms with Gasteiger partial charge in [0.2, 0.25) is 0 Å². The number of aromatic carboxylic acids is 1. The quantitative estimate of drug-likeness (QED) is 0.903. The van der Waals surface area contributed by atoms with Crippen molar-refractivity contribution in [1.82, 2.24) is 4.98 Å². The number of benzene rings is 1. The molecule has 0 amide bonds. The molecule has 1 heterocycles. The summed E-state index contributed by atoms with van der Waals surface area (Å²) in [7, 11) is 0. The Hall–Kier alpha value is -0.920. The molecule has 1 aromatic carbocycles. The Balaban J connectivity index is 2.35. The molecule has 1 aromatic heterocycles. The standard InChI is InChI=1S/C11H7BrFNO2S2/c1-5-4-17-11(14-5)18-7-3-2-6(10(15)16)8(12)9(7)13/h2-4H,1H3,(H,15,16). The van der Waals surface area contributed by atoms with Crippen LogP contribution in [0.15, 0.2) is 31.2 Å². The summed E-state index contributed by atoms with van der Waals surface area (Å²) in [5.41, 5.74) is 0.788. The number of rotatable bonds is 3. The first kappa shape index (κ1) is 13.5. The lowest BCUT2D eigenvalue weighted by Crippen LogP contribution is -2.00. The average Bonchev–Trinajstić information content (AvgIpc) is 2.70. The second-order valence-electron chi connectivity index (χ2n) is 3.40. The monoisotopic (exact) mass is 347 g/mol. The van der Waals surface area contributed by atoms with E-state index in [1.807, 2.05) is 12.3 Å². The fourth-order valence-electron chi connectivity index (χ4n) is 1.25. The summed E-state index contributed by atoms with van der Waals surface area (Å²) in [6.07, 6.45) is 0. The number of hydrogen-bond acceptors (Lipinski definition) is 4. The van der Waals surface area contributed by atoms with E-state index in [-0.39, 0.29) is 10.0 Å². The minimum Gasteiger partial charge on any atom is -0.478 e. The molecule has 7 heteroatoms. The van der Waals surface area contributed by atoms with Crippen molar-refractivity contribution < 1.29 is 14.3 Å². The number of carboxylic acid groups (broad SMARTS) is 1. The normalized spacial score (nSPS) is 10.6. The average molecular weight is 348 g/mol. The van der Waals surface area contributed by atoms with Crippen molar-refractivity contribution in [3.8, 4) is 0 Å². The van der Waals surface area contributed by atoms with E-state index in [9.17, 15) is 9.18 Å². The summed E-state index contributed by atoms with van der Waals surface area (Å²) in [6.45, 7) is 1.86. The Morgan fingerprint density at radius 2 is 2.28 bits per heavy atom. The van der Waals surface area contributed by atoms with Gasteiger partial charge in [0.1, 0.15) is 0 Å². The fourth-order valence-corrected chi connectivity index (χ4v) is 3.73. The van der Waals surface area contributed by atoms with Crippen LogP contribution in [0.1, 0.15) is 16.1 Å². The first-order valence-electron chi connectivity index (χ1n) is 4.80. The van der Waals surface area contributed by atoms with E-state index in [0.717, 1.165) is 10.0 Å². The minimum absolute atomic E-state index is 0.0340. The van der Waals surface area contributed by atoms with Gasteiger partial charge in [-0.2, -0.15) is 0 Å². The van der Waals surface area contributed by atoms with Gasteiger partial charge in [-0.15, -0.1) is 11.3 Å². The molecular formula is C11H7BrFNO2S2. The van der Waals surface area contributed by atoms with Crippen molar-refractivity contribution in [1.29, 1.82) is 0 Å². The van der Waals surface area contributed by atoms with Crippen LogP contribution in [0.25, 0.3) is 0 Å². The molecule has 0 radical (unpaired) electrons. The summed E-state index contributed by atoms with van der Waals surface area (Å²) >= 11 is 5.57. The highest BCUT2D eigenvalue weighted by atomic mass is 79.9. The third kappa shape index (κ3) is 2.73. The zero-order valence-electron chi connectivity index (χ0n) is 9.11. The van der Waals surface area contributed by atoms with Gasteiger partial charge in [0, 0.05) is 11.1 Å². The SMILES string of the molecule is Cc1csc(Sc2ccc(C(=O)O)c(Br)c2F)n1. The van der Waals surface area contributed by atoms with Crippen molar-refractivity contribution in [3.63, 3.8) is 0 Å². The summed E-state index contributed by atoms with van der Waals surface area (Å²) in [4.78, 5) is 15.4. The highest BCUT2D eigenvalue weighted by Crippen LogP contribution is 2.35. The predicted octanol–water partition coefficient (Wildman–Crippen LogP) is 4.20. The zero-order valence-corrected chi connectivity index (χ0v) is 12.3. The molecular weight excluding hydrogens is 341 g/mol. The molecule has 0 spiro atoms. The lowest BCUT2D eigenvalue weighted by molar-refractivity contribution is 0.0695. The molecule has 0 saturated heterocycles. The van der Waals surface area contributed by atoms with Gasteiger partial charge in [0.25, 0.3) is 0 Å². The molecule has 0 aliphatic rings. The third-order valence-corrected chi connectivity index (χ3v) is 4.94. The van der Waals surface area contributed by atoms with Crippen molar-refractivity contribution in [3.05, 3.63) is 39.1 Å².